The van der Waals surface area contributed by atoms with Gasteiger partial charge >= 0.3 is 55.2 Å². The molecule has 0 saturated carbocycles. The van der Waals surface area contributed by atoms with Crippen molar-refractivity contribution in [1.29, 1.82) is 0 Å². The van der Waals surface area contributed by atoms with Crippen LogP contribution in [0.15, 0.2) is 0 Å². The predicted molar refractivity (Wildman–Crippen MR) is 65.5 cm³/mol. The van der Waals surface area contributed by atoms with Gasteiger partial charge in [0.1, 0.15) is 0 Å². The average molecular weight is 636 g/mol. The van der Waals surface area contributed by atoms with Gasteiger partial charge in [-0.25, -0.2) is 0 Å². The molecule has 0 aliphatic rings. The fraction of sp³-hybridized carbons (Fsp3) is 1.00. The summed E-state index contributed by atoms with van der Waals surface area (Å²) in [5.41, 5.74) is 0. The molecule has 0 aromatic rings. The first-order valence-electron chi connectivity index (χ1n) is 7.79. The Morgan fingerprint density at radius 1 is 0.447 bits per heavy atom. The molecular weight excluding hydrogens is 632 g/mol. The average Bonchev–Trinajstić information content (AvgIpc) is 2.53. The van der Waals surface area contributed by atoms with Crippen molar-refractivity contribution in [2.24, 2.45) is 0 Å². The molecule has 0 radical (unpaired) electrons. The quantitative estimate of drug-likeness (QED) is 0.273. The van der Waals surface area contributed by atoms with E-state index in [1.54, 1.807) is 4.74 Å². The molecule has 0 N–H and O–H groups in total. The van der Waals surface area contributed by atoms with Crippen LogP contribution in [0.3, 0.4) is 0 Å². The van der Waals surface area contributed by atoms with Crippen molar-refractivity contribution in [2.45, 2.75) is 73.8 Å². The van der Waals surface area contributed by atoms with Crippen LogP contribution in [0.4, 0.5) is 105 Å². The molecule has 0 aromatic carbocycles. The fourth-order valence-electron chi connectivity index (χ4n) is 1.48. The summed E-state index contributed by atoms with van der Waals surface area (Å²) in [4.78, 5) is 0. The Morgan fingerprint density at radius 2 is 0.816 bits per heavy atom. The van der Waals surface area contributed by atoms with Gasteiger partial charge in [0.05, 0.1) is 6.42 Å². The highest BCUT2D eigenvalue weighted by Gasteiger charge is 2.79. The van der Waals surface area contributed by atoms with E-state index in [1.165, 1.54) is 0 Å². The minimum Gasteiger partial charge on any atom is -0.296 e. The van der Waals surface area contributed by atoms with Crippen LogP contribution in [0, 0.1) is 0 Å². The predicted octanol–water partition coefficient (Wildman–Crippen LogP) is 8.33. The van der Waals surface area contributed by atoms with Crippen LogP contribution in [0.5, 0.6) is 0 Å². The Kier molecular flexibility index (Phi) is 11.1. The highest BCUT2D eigenvalue weighted by molar-refractivity contribution is 4.94. The lowest BCUT2D eigenvalue weighted by atomic mass is 10.1. The monoisotopic (exact) mass is 636 g/mol. The van der Waals surface area contributed by atoms with Crippen LogP contribution in [0.25, 0.3) is 0 Å². The number of halogens is 24. The lowest BCUT2D eigenvalue weighted by Gasteiger charge is -2.35. The van der Waals surface area contributed by atoms with Crippen LogP contribution in [0.2, 0.25) is 0 Å². The van der Waals surface area contributed by atoms with E-state index in [1.807, 2.05) is 0 Å². The summed E-state index contributed by atoms with van der Waals surface area (Å²) < 4.78 is 288. The SMILES string of the molecule is FC(F)(F)C(OC(F)(F)C(F)(F)C(F)(F)F)C(F)(F)C(F)(F)F.FC(F)(F)CC(OC(F)(F)F)C(F)(F)F. The highest BCUT2D eigenvalue weighted by atomic mass is 19.4. The topological polar surface area (TPSA) is 18.5 Å². The van der Waals surface area contributed by atoms with Gasteiger partial charge in [-0.1, -0.05) is 0 Å². The number of alkyl halides is 24. The maximum atomic E-state index is 12.5. The molecule has 2 nitrogen and oxygen atoms in total. The van der Waals surface area contributed by atoms with E-state index in [4.69, 9.17) is 0 Å². The van der Waals surface area contributed by atoms with Crippen molar-refractivity contribution in [3.05, 3.63) is 0 Å². The first-order chi connectivity index (χ1) is 15.9. The van der Waals surface area contributed by atoms with Crippen molar-refractivity contribution >= 4 is 0 Å². The molecule has 0 amide bonds. The van der Waals surface area contributed by atoms with Crippen LogP contribution in [-0.2, 0) is 9.47 Å². The first-order valence-corrected chi connectivity index (χ1v) is 7.79. The van der Waals surface area contributed by atoms with E-state index < -0.39 is 73.8 Å². The van der Waals surface area contributed by atoms with Gasteiger partial charge in [-0.3, -0.25) is 9.47 Å². The van der Waals surface area contributed by atoms with Crippen LogP contribution < -0.4 is 0 Å². The Labute approximate surface area is 190 Å². The van der Waals surface area contributed by atoms with E-state index in [0.717, 1.165) is 0 Å². The molecule has 0 bridgehead atoms. The molecule has 2 atom stereocenters. The van der Waals surface area contributed by atoms with Gasteiger partial charge < -0.3 is 0 Å². The molecular formula is C12H4F24O2. The van der Waals surface area contributed by atoms with Crippen molar-refractivity contribution in [2.75, 3.05) is 0 Å². The lowest BCUT2D eigenvalue weighted by Crippen LogP contribution is -2.62. The maximum Gasteiger partial charge on any atom is 0.523 e. The maximum absolute atomic E-state index is 12.5. The zero-order chi connectivity index (χ0) is 31.8. The Balaban J connectivity index is 0. The van der Waals surface area contributed by atoms with E-state index >= 15 is 0 Å². The van der Waals surface area contributed by atoms with Crippen LogP contribution in [-0.4, -0.2) is 67.4 Å². The Morgan fingerprint density at radius 3 is 1.03 bits per heavy atom. The third kappa shape index (κ3) is 11.2. The third-order valence-electron chi connectivity index (χ3n) is 3.05. The second-order valence-corrected chi connectivity index (χ2v) is 6.16. The molecule has 0 heterocycles. The molecule has 0 spiro atoms. The van der Waals surface area contributed by atoms with Gasteiger partial charge in [0.25, 0.3) is 0 Å². The van der Waals surface area contributed by atoms with Crippen molar-refractivity contribution in [3.8, 4) is 0 Å². The largest absolute Gasteiger partial charge is 0.523 e. The van der Waals surface area contributed by atoms with E-state index in [0.29, 0.717) is 0 Å². The zero-order valence-corrected chi connectivity index (χ0v) is 16.2. The van der Waals surface area contributed by atoms with Crippen LogP contribution >= 0.6 is 0 Å². The standard InChI is InChI=1S/C7HF15O.C5H3F9O/c8-2(9,5(15,16)17)1(3(10,11)12)23-7(21,22)4(13,14)6(18,19)20;6-3(7,8)1-2(4(9,10)11)15-5(12,13)14/h1H;2H,1H2. The van der Waals surface area contributed by atoms with Gasteiger partial charge in [0.2, 0.25) is 6.10 Å². The molecule has 26 heteroatoms. The Bertz CT molecular complexity index is 712. The lowest BCUT2D eigenvalue weighted by molar-refractivity contribution is -0.470. The molecule has 0 rings (SSSR count). The molecule has 0 aromatic heterocycles. The molecule has 38 heavy (non-hydrogen) atoms. The second-order valence-electron chi connectivity index (χ2n) is 6.16. The molecule has 0 aliphatic heterocycles. The number of hydrogen-bond acceptors (Lipinski definition) is 2. The van der Waals surface area contributed by atoms with Gasteiger partial charge in [0, 0.05) is 0 Å². The van der Waals surface area contributed by atoms with Crippen molar-refractivity contribution < 1.29 is 115 Å². The Hall–Kier alpha value is -1.76. The highest BCUT2D eigenvalue weighted by Crippen LogP contribution is 2.52. The van der Waals surface area contributed by atoms with Gasteiger partial charge in [-0.2, -0.15) is 92.2 Å². The molecule has 232 valence electrons. The van der Waals surface area contributed by atoms with E-state index in [2.05, 4.69) is 4.74 Å². The summed E-state index contributed by atoms with van der Waals surface area (Å²) in [6.07, 6.45) is -58.6. The fourth-order valence-corrected chi connectivity index (χ4v) is 1.48. The van der Waals surface area contributed by atoms with Gasteiger partial charge in [0.15, 0.2) is 6.10 Å². The molecule has 0 saturated heterocycles. The normalized spacial score (nSPS) is 17.1. The van der Waals surface area contributed by atoms with Gasteiger partial charge in [-0.05, 0) is 0 Å². The molecule has 2 unspecified atom stereocenters. The summed E-state index contributed by atoms with van der Waals surface area (Å²) in [5.74, 6) is -14.7. The summed E-state index contributed by atoms with van der Waals surface area (Å²) in [6, 6.07) is 0. The molecule has 0 fully saturated rings. The van der Waals surface area contributed by atoms with E-state index in [9.17, 15) is 105 Å². The summed E-state index contributed by atoms with van der Waals surface area (Å²) in [6.45, 7) is 0. The summed E-state index contributed by atoms with van der Waals surface area (Å²) >= 11 is 0. The van der Waals surface area contributed by atoms with E-state index in [-0.39, 0.29) is 0 Å². The second kappa shape index (κ2) is 11.0. The third-order valence-corrected chi connectivity index (χ3v) is 3.05. The smallest absolute Gasteiger partial charge is 0.296 e. The minimum atomic E-state index is -7.48. The minimum absolute atomic E-state index is 1.59. The van der Waals surface area contributed by atoms with Crippen molar-refractivity contribution in [1.82, 2.24) is 0 Å². The van der Waals surface area contributed by atoms with Gasteiger partial charge in [-0.15, -0.1) is 13.2 Å². The number of rotatable bonds is 6. The summed E-state index contributed by atoms with van der Waals surface area (Å²) in [7, 11) is 0. The summed E-state index contributed by atoms with van der Waals surface area (Å²) in [5, 5.41) is 0. The first kappa shape index (κ1) is 38.4. The number of hydrogen-bond donors (Lipinski definition) is 0. The zero-order valence-electron chi connectivity index (χ0n) is 16.2. The van der Waals surface area contributed by atoms with Crippen LogP contribution in [0.1, 0.15) is 6.42 Å². The molecule has 0 aliphatic carbocycles. The number of ether oxygens (including phenoxy) is 2. The van der Waals surface area contributed by atoms with Crippen molar-refractivity contribution in [3.63, 3.8) is 0 Å².